The molecule has 1 saturated carbocycles. The van der Waals surface area contributed by atoms with Crippen molar-refractivity contribution in [3.05, 3.63) is 69.2 Å². The van der Waals surface area contributed by atoms with Crippen LogP contribution in [0.3, 0.4) is 0 Å². The van der Waals surface area contributed by atoms with Crippen LogP contribution in [-0.4, -0.2) is 21.5 Å². The SMILES string of the molecule is O=C(NC1CCCCC1)c1ccc2c(=O)n(-c3ccccc3)c(=S)[nH]c2c1. The van der Waals surface area contributed by atoms with E-state index < -0.39 is 0 Å². The molecule has 0 aliphatic heterocycles. The van der Waals surface area contributed by atoms with Crippen LogP contribution in [0.15, 0.2) is 53.3 Å². The summed E-state index contributed by atoms with van der Waals surface area (Å²) in [4.78, 5) is 28.6. The number of rotatable bonds is 3. The Morgan fingerprint density at radius 3 is 2.56 bits per heavy atom. The van der Waals surface area contributed by atoms with Gasteiger partial charge < -0.3 is 10.3 Å². The Hall–Kier alpha value is -2.73. The monoisotopic (exact) mass is 379 g/mol. The third-order valence-corrected chi connectivity index (χ3v) is 5.40. The molecule has 1 aromatic heterocycles. The number of hydrogen-bond donors (Lipinski definition) is 2. The van der Waals surface area contributed by atoms with E-state index in [1.54, 1.807) is 18.2 Å². The number of para-hydroxylation sites is 1. The molecule has 0 spiro atoms. The fourth-order valence-corrected chi connectivity index (χ4v) is 3.98. The van der Waals surface area contributed by atoms with Crippen LogP contribution in [0.4, 0.5) is 0 Å². The number of benzene rings is 2. The Morgan fingerprint density at radius 1 is 1.07 bits per heavy atom. The number of carbonyl (C=O) groups is 1. The molecule has 138 valence electrons. The number of hydrogen-bond acceptors (Lipinski definition) is 3. The largest absolute Gasteiger partial charge is 0.349 e. The number of amides is 1. The summed E-state index contributed by atoms with van der Waals surface area (Å²) < 4.78 is 1.78. The van der Waals surface area contributed by atoms with Gasteiger partial charge in [0.25, 0.3) is 11.5 Å². The van der Waals surface area contributed by atoms with Gasteiger partial charge in [0.1, 0.15) is 0 Å². The smallest absolute Gasteiger partial charge is 0.266 e. The van der Waals surface area contributed by atoms with Gasteiger partial charge in [-0.15, -0.1) is 0 Å². The molecule has 5 nitrogen and oxygen atoms in total. The Balaban J connectivity index is 1.70. The average Bonchev–Trinajstić information content (AvgIpc) is 2.69. The fourth-order valence-electron chi connectivity index (χ4n) is 3.69. The first-order valence-corrected chi connectivity index (χ1v) is 9.70. The number of aromatic amines is 1. The molecular weight excluding hydrogens is 358 g/mol. The van der Waals surface area contributed by atoms with Crippen molar-refractivity contribution in [2.75, 3.05) is 0 Å². The van der Waals surface area contributed by atoms with Crippen molar-refractivity contribution in [1.82, 2.24) is 14.9 Å². The standard InChI is InChI=1S/C21H21N3O2S/c25-19(22-15-7-3-1-4-8-15)14-11-12-17-18(13-14)23-21(27)24(20(17)26)16-9-5-2-6-10-16/h2,5-6,9-13,15H,1,3-4,7-8H2,(H,22,25)(H,23,27). The maximum absolute atomic E-state index is 12.9. The maximum atomic E-state index is 12.9. The third-order valence-electron chi connectivity index (χ3n) is 5.11. The molecule has 1 fully saturated rings. The Bertz CT molecular complexity index is 1100. The van der Waals surface area contributed by atoms with E-state index in [1.165, 1.54) is 11.0 Å². The van der Waals surface area contributed by atoms with E-state index in [2.05, 4.69) is 10.3 Å². The molecule has 2 aromatic carbocycles. The van der Waals surface area contributed by atoms with E-state index in [0.717, 1.165) is 25.7 Å². The van der Waals surface area contributed by atoms with Crippen molar-refractivity contribution >= 4 is 29.0 Å². The molecular formula is C21H21N3O2S. The van der Waals surface area contributed by atoms with E-state index in [-0.39, 0.29) is 17.5 Å². The second-order valence-electron chi connectivity index (χ2n) is 6.98. The van der Waals surface area contributed by atoms with Gasteiger partial charge in [-0.25, -0.2) is 0 Å². The number of nitrogens with zero attached hydrogens (tertiary/aromatic N) is 1. The van der Waals surface area contributed by atoms with Gasteiger partial charge >= 0.3 is 0 Å². The van der Waals surface area contributed by atoms with Crippen LogP contribution in [-0.2, 0) is 0 Å². The molecule has 0 saturated heterocycles. The number of aromatic nitrogens is 2. The van der Waals surface area contributed by atoms with Crippen LogP contribution >= 0.6 is 12.2 Å². The normalized spacial score (nSPS) is 15.0. The molecule has 1 amide bonds. The van der Waals surface area contributed by atoms with Gasteiger partial charge in [-0.3, -0.25) is 14.2 Å². The van der Waals surface area contributed by atoms with E-state index in [1.807, 2.05) is 30.3 Å². The van der Waals surface area contributed by atoms with Crippen LogP contribution in [0.25, 0.3) is 16.6 Å². The number of H-pyrrole nitrogens is 1. The molecule has 4 rings (SSSR count). The summed E-state index contributed by atoms with van der Waals surface area (Å²) in [6.07, 6.45) is 5.63. The highest BCUT2D eigenvalue weighted by atomic mass is 32.1. The first kappa shape index (κ1) is 17.7. The van der Waals surface area contributed by atoms with Crippen LogP contribution in [0, 0.1) is 4.77 Å². The fraction of sp³-hybridized carbons (Fsp3) is 0.286. The highest BCUT2D eigenvalue weighted by Gasteiger charge is 2.17. The molecule has 1 aliphatic carbocycles. The van der Waals surface area contributed by atoms with Gasteiger partial charge in [-0.2, -0.15) is 0 Å². The topological polar surface area (TPSA) is 66.9 Å². The molecule has 3 aromatic rings. The minimum Gasteiger partial charge on any atom is -0.349 e. The summed E-state index contributed by atoms with van der Waals surface area (Å²) in [5.74, 6) is -0.102. The highest BCUT2D eigenvalue weighted by molar-refractivity contribution is 7.71. The maximum Gasteiger partial charge on any atom is 0.266 e. The first-order chi connectivity index (χ1) is 13.1. The van der Waals surface area contributed by atoms with Gasteiger partial charge in [0, 0.05) is 11.6 Å². The summed E-state index contributed by atoms with van der Waals surface area (Å²) >= 11 is 5.40. The number of nitrogens with one attached hydrogen (secondary N) is 2. The van der Waals surface area contributed by atoms with Crippen LogP contribution in [0.2, 0.25) is 0 Å². The summed E-state index contributed by atoms with van der Waals surface area (Å²) in [5.41, 5.74) is 1.63. The molecule has 0 unspecified atom stereocenters. The molecule has 0 radical (unpaired) electrons. The lowest BCUT2D eigenvalue weighted by Gasteiger charge is -2.22. The predicted octanol–water partition coefficient (Wildman–Crippen LogP) is 4.11. The molecule has 2 N–H and O–H groups in total. The lowest BCUT2D eigenvalue weighted by atomic mass is 9.95. The molecule has 0 bridgehead atoms. The molecule has 1 aliphatic rings. The summed E-state index contributed by atoms with van der Waals surface area (Å²) in [6, 6.07) is 14.6. The highest BCUT2D eigenvalue weighted by Crippen LogP contribution is 2.19. The van der Waals surface area contributed by atoms with Crippen LogP contribution in [0.1, 0.15) is 42.5 Å². The van der Waals surface area contributed by atoms with Crippen molar-refractivity contribution in [2.24, 2.45) is 0 Å². The first-order valence-electron chi connectivity index (χ1n) is 9.29. The Kier molecular flexibility index (Phi) is 4.90. The van der Waals surface area contributed by atoms with Crippen LogP contribution < -0.4 is 10.9 Å². The van der Waals surface area contributed by atoms with E-state index in [0.29, 0.717) is 26.9 Å². The quantitative estimate of drug-likeness (QED) is 0.673. The number of fused-ring (bicyclic) bond motifs is 1. The Morgan fingerprint density at radius 2 is 1.81 bits per heavy atom. The third kappa shape index (κ3) is 3.57. The van der Waals surface area contributed by atoms with Gasteiger partial charge in [0.15, 0.2) is 4.77 Å². The zero-order chi connectivity index (χ0) is 18.8. The van der Waals surface area contributed by atoms with Gasteiger partial charge in [-0.05, 0) is 55.4 Å². The van der Waals surface area contributed by atoms with Crippen LogP contribution in [0.5, 0.6) is 0 Å². The lowest BCUT2D eigenvalue weighted by Crippen LogP contribution is -2.36. The molecule has 27 heavy (non-hydrogen) atoms. The van der Waals surface area contributed by atoms with Gasteiger partial charge in [0.2, 0.25) is 0 Å². The second-order valence-corrected chi connectivity index (χ2v) is 7.36. The summed E-state index contributed by atoms with van der Waals surface area (Å²) in [7, 11) is 0. The zero-order valence-electron chi connectivity index (χ0n) is 14.9. The summed E-state index contributed by atoms with van der Waals surface area (Å²) in [5, 5.41) is 3.61. The molecule has 1 heterocycles. The number of carbonyl (C=O) groups excluding carboxylic acids is 1. The molecule has 0 atom stereocenters. The van der Waals surface area contributed by atoms with Crippen molar-refractivity contribution in [3.8, 4) is 5.69 Å². The van der Waals surface area contributed by atoms with E-state index >= 15 is 0 Å². The van der Waals surface area contributed by atoms with Gasteiger partial charge in [-0.1, -0.05) is 37.5 Å². The second kappa shape index (κ2) is 7.48. The predicted molar refractivity (Wildman–Crippen MR) is 109 cm³/mol. The summed E-state index contributed by atoms with van der Waals surface area (Å²) in [6.45, 7) is 0. The van der Waals surface area contributed by atoms with E-state index in [4.69, 9.17) is 12.2 Å². The van der Waals surface area contributed by atoms with Crippen molar-refractivity contribution in [3.63, 3.8) is 0 Å². The van der Waals surface area contributed by atoms with Crippen molar-refractivity contribution in [2.45, 2.75) is 38.1 Å². The van der Waals surface area contributed by atoms with E-state index in [9.17, 15) is 9.59 Å². The average molecular weight is 379 g/mol. The van der Waals surface area contributed by atoms with Crippen molar-refractivity contribution < 1.29 is 4.79 Å². The minimum atomic E-state index is -0.195. The Labute approximate surface area is 162 Å². The lowest BCUT2D eigenvalue weighted by molar-refractivity contribution is 0.0928. The van der Waals surface area contributed by atoms with Crippen molar-refractivity contribution in [1.29, 1.82) is 0 Å². The van der Waals surface area contributed by atoms with Gasteiger partial charge in [0.05, 0.1) is 16.6 Å². The molecule has 6 heteroatoms. The minimum absolute atomic E-state index is 0.102. The zero-order valence-corrected chi connectivity index (χ0v) is 15.7.